The Morgan fingerprint density at radius 1 is 1.53 bits per heavy atom. The SMILES string of the molecule is COc1cc(C(C)=O)c(N)cc1[N+](=O)[O-]. The summed E-state index contributed by atoms with van der Waals surface area (Å²) < 4.78 is 4.80. The molecule has 80 valence electrons. The predicted molar refractivity (Wildman–Crippen MR) is 54.1 cm³/mol. The number of carbonyl (C=O) groups excluding carboxylic acids is 1. The van der Waals surface area contributed by atoms with E-state index in [-0.39, 0.29) is 28.5 Å². The molecule has 1 aromatic rings. The Balaban J connectivity index is 3.42. The molecule has 15 heavy (non-hydrogen) atoms. The van der Waals surface area contributed by atoms with Crippen molar-refractivity contribution in [3.8, 4) is 5.75 Å². The summed E-state index contributed by atoms with van der Waals surface area (Å²) in [5.74, 6) is -0.236. The Morgan fingerprint density at radius 3 is 2.53 bits per heavy atom. The molecule has 0 spiro atoms. The fraction of sp³-hybridized carbons (Fsp3) is 0.222. The lowest BCUT2D eigenvalue weighted by molar-refractivity contribution is -0.385. The molecule has 0 bridgehead atoms. The van der Waals surface area contributed by atoms with Crippen LogP contribution in [0.1, 0.15) is 17.3 Å². The van der Waals surface area contributed by atoms with Crippen LogP contribution >= 0.6 is 0 Å². The molecule has 0 unspecified atom stereocenters. The zero-order valence-electron chi connectivity index (χ0n) is 8.31. The highest BCUT2D eigenvalue weighted by atomic mass is 16.6. The Hall–Kier alpha value is -2.11. The summed E-state index contributed by atoms with van der Waals surface area (Å²) in [5.41, 5.74) is 5.55. The molecule has 0 atom stereocenters. The van der Waals surface area contributed by atoms with Crippen molar-refractivity contribution in [3.05, 3.63) is 27.8 Å². The normalized spacial score (nSPS) is 9.73. The van der Waals surface area contributed by atoms with Crippen LogP contribution in [0.4, 0.5) is 11.4 Å². The first-order chi connectivity index (χ1) is 6.97. The van der Waals surface area contributed by atoms with Gasteiger partial charge in [0, 0.05) is 23.4 Å². The lowest BCUT2D eigenvalue weighted by Crippen LogP contribution is -2.03. The molecule has 2 N–H and O–H groups in total. The third-order valence-corrected chi connectivity index (χ3v) is 1.93. The minimum atomic E-state index is -0.612. The Kier molecular flexibility index (Phi) is 2.89. The van der Waals surface area contributed by atoms with E-state index in [9.17, 15) is 14.9 Å². The lowest BCUT2D eigenvalue weighted by atomic mass is 10.1. The van der Waals surface area contributed by atoms with E-state index in [1.54, 1.807) is 0 Å². The van der Waals surface area contributed by atoms with Gasteiger partial charge in [-0.2, -0.15) is 0 Å². The number of nitro benzene ring substituents is 1. The van der Waals surface area contributed by atoms with Crippen LogP contribution in [-0.4, -0.2) is 17.8 Å². The van der Waals surface area contributed by atoms with E-state index in [0.717, 1.165) is 6.07 Å². The van der Waals surface area contributed by atoms with E-state index in [0.29, 0.717) is 0 Å². The molecular formula is C9H10N2O4. The summed E-state index contributed by atoms with van der Waals surface area (Å²) in [6, 6.07) is 2.39. The molecular weight excluding hydrogens is 200 g/mol. The van der Waals surface area contributed by atoms with Crippen LogP contribution in [0.5, 0.6) is 5.75 Å². The number of rotatable bonds is 3. The topological polar surface area (TPSA) is 95.5 Å². The van der Waals surface area contributed by atoms with E-state index < -0.39 is 4.92 Å². The maximum absolute atomic E-state index is 11.1. The highest BCUT2D eigenvalue weighted by Crippen LogP contribution is 2.31. The van der Waals surface area contributed by atoms with Crippen molar-refractivity contribution in [2.75, 3.05) is 12.8 Å². The van der Waals surface area contributed by atoms with Crippen LogP contribution in [0.3, 0.4) is 0 Å². The molecule has 6 nitrogen and oxygen atoms in total. The average Bonchev–Trinajstić information content (AvgIpc) is 2.16. The summed E-state index contributed by atoms with van der Waals surface area (Å²) in [7, 11) is 1.29. The van der Waals surface area contributed by atoms with Crippen molar-refractivity contribution in [3.63, 3.8) is 0 Å². The average molecular weight is 210 g/mol. The Bertz CT molecular complexity index is 428. The van der Waals surface area contributed by atoms with Crippen molar-refractivity contribution in [2.45, 2.75) is 6.92 Å². The highest BCUT2D eigenvalue weighted by molar-refractivity contribution is 6.00. The van der Waals surface area contributed by atoms with Gasteiger partial charge in [0.1, 0.15) is 0 Å². The Morgan fingerprint density at radius 2 is 2.13 bits per heavy atom. The molecule has 0 aromatic heterocycles. The second-order valence-electron chi connectivity index (χ2n) is 2.92. The van der Waals surface area contributed by atoms with E-state index in [4.69, 9.17) is 10.5 Å². The molecule has 1 aromatic carbocycles. The fourth-order valence-corrected chi connectivity index (χ4v) is 1.20. The van der Waals surface area contributed by atoms with Crippen molar-refractivity contribution < 1.29 is 14.5 Å². The zero-order valence-corrected chi connectivity index (χ0v) is 8.31. The van der Waals surface area contributed by atoms with Crippen LogP contribution in [0.2, 0.25) is 0 Å². The smallest absolute Gasteiger partial charge is 0.313 e. The van der Waals surface area contributed by atoms with Gasteiger partial charge in [-0.3, -0.25) is 14.9 Å². The number of anilines is 1. The monoisotopic (exact) mass is 210 g/mol. The molecule has 0 heterocycles. The first kappa shape index (κ1) is 11.0. The number of hydrogen-bond acceptors (Lipinski definition) is 5. The summed E-state index contributed by atoms with van der Waals surface area (Å²) >= 11 is 0. The van der Waals surface area contributed by atoms with Crippen LogP contribution < -0.4 is 10.5 Å². The molecule has 1 rings (SSSR count). The molecule has 0 aliphatic heterocycles. The number of hydrogen-bond donors (Lipinski definition) is 1. The van der Waals surface area contributed by atoms with Gasteiger partial charge in [0.15, 0.2) is 11.5 Å². The molecule has 0 aliphatic rings. The maximum Gasteiger partial charge on any atom is 0.313 e. The number of methoxy groups -OCH3 is 1. The second kappa shape index (κ2) is 3.95. The van der Waals surface area contributed by atoms with Gasteiger partial charge in [-0.25, -0.2) is 0 Å². The molecule has 0 saturated carbocycles. The number of nitrogen functional groups attached to an aromatic ring is 1. The summed E-state index contributed by atoms with van der Waals surface area (Å²) in [6.45, 7) is 1.33. The quantitative estimate of drug-likeness (QED) is 0.352. The largest absolute Gasteiger partial charge is 0.490 e. The number of nitrogens with zero attached hydrogens (tertiary/aromatic N) is 1. The Labute approximate surface area is 85.8 Å². The van der Waals surface area contributed by atoms with E-state index in [1.165, 1.54) is 20.1 Å². The number of nitrogens with two attached hydrogens (primary N) is 1. The fourth-order valence-electron chi connectivity index (χ4n) is 1.20. The molecule has 0 amide bonds. The number of carbonyl (C=O) groups is 1. The zero-order chi connectivity index (χ0) is 11.6. The lowest BCUT2D eigenvalue weighted by Gasteiger charge is -2.06. The second-order valence-corrected chi connectivity index (χ2v) is 2.92. The molecule has 0 saturated heterocycles. The minimum Gasteiger partial charge on any atom is -0.490 e. The first-order valence-electron chi connectivity index (χ1n) is 4.10. The standard InChI is InChI=1S/C9H10N2O4/c1-5(12)6-3-9(15-2)8(11(13)14)4-7(6)10/h3-4H,10H2,1-2H3. The third kappa shape index (κ3) is 2.04. The first-order valence-corrected chi connectivity index (χ1v) is 4.10. The van der Waals surface area contributed by atoms with Gasteiger partial charge in [0.05, 0.1) is 12.0 Å². The van der Waals surface area contributed by atoms with E-state index >= 15 is 0 Å². The third-order valence-electron chi connectivity index (χ3n) is 1.93. The predicted octanol–water partition coefficient (Wildman–Crippen LogP) is 1.39. The van der Waals surface area contributed by atoms with E-state index in [1.807, 2.05) is 0 Å². The summed E-state index contributed by atoms with van der Waals surface area (Å²) in [4.78, 5) is 21.1. The van der Waals surface area contributed by atoms with E-state index in [2.05, 4.69) is 0 Å². The van der Waals surface area contributed by atoms with Crippen molar-refractivity contribution in [1.82, 2.24) is 0 Å². The molecule has 0 aliphatic carbocycles. The van der Waals surface area contributed by atoms with Gasteiger partial charge in [-0.05, 0) is 6.92 Å². The molecule has 6 heteroatoms. The highest BCUT2D eigenvalue weighted by Gasteiger charge is 2.19. The van der Waals surface area contributed by atoms with Crippen molar-refractivity contribution >= 4 is 17.2 Å². The van der Waals surface area contributed by atoms with Gasteiger partial charge >= 0.3 is 5.69 Å². The van der Waals surface area contributed by atoms with Crippen LogP contribution in [0.25, 0.3) is 0 Å². The van der Waals surface area contributed by atoms with Gasteiger partial charge < -0.3 is 10.5 Å². The van der Waals surface area contributed by atoms with Gasteiger partial charge in [0.2, 0.25) is 0 Å². The number of ether oxygens (including phenoxy) is 1. The number of benzene rings is 1. The number of Topliss-reactive ketones (excluding diaryl/α,β-unsaturated/α-hetero) is 1. The van der Waals surface area contributed by atoms with Gasteiger partial charge in [-0.1, -0.05) is 0 Å². The number of ketones is 1. The maximum atomic E-state index is 11.1. The summed E-state index contributed by atoms with van der Waals surface area (Å²) in [5, 5.41) is 10.6. The van der Waals surface area contributed by atoms with Crippen molar-refractivity contribution in [1.29, 1.82) is 0 Å². The van der Waals surface area contributed by atoms with Crippen LogP contribution in [0, 0.1) is 10.1 Å². The number of nitro groups is 1. The van der Waals surface area contributed by atoms with Crippen LogP contribution in [0.15, 0.2) is 12.1 Å². The molecule has 0 fully saturated rings. The van der Waals surface area contributed by atoms with Gasteiger partial charge in [0.25, 0.3) is 0 Å². The van der Waals surface area contributed by atoms with Crippen molar-refractivity contribution in [2.24, 2.45) is 0 Å². The molecule has 0 radical (unpaired) electrons. The van der Waals surface area contributed by atoms with Gasteiger partial charge in [-0.15, -0.1) is 0 Å². The summed E-state index contributed by atoms with van der Waals surface area (Å²) in [6.07, 6.45) is 0. The van der Waals surface area contributed by atoms with Crippen LogP contribution in [-0.2, 0) is 0 Å². The minimum absolute atomic E-state index is 0.0272.